The topological polar surface area (TPSA) is 69.2 Å². The summed E-state index contributed by atoms with van der Waals surface area (Å²) in [4.78, 5) is 10.1. The maximum Gasteiger partial charge on any atom is 0.134 e. The van der Waals surface area contributed by atoms with Crippen molar-refractivity contribution < 1.29 is 0 Å². The van der Waals surface area contributed by atoms with Crippen LogP contribution in [0.4, 0.5) is 0 Å². The second-order valence-corrected chi connectivity index (χ2v) is 5.67. The number of nitrogens with zero attached hydrogens (tertiary/aromatic N) is 3. The van der Waals surface area contributed by atoms with Gasteiger partial charge in [0.2, 0.25) is 0 Å². The molecular formula is C12H21N5S. The van der Waals surface area contributed by atoms with Crippen molar-refractivity contribution in [2.24, 2.45) is 5.73 Å². The SMILES string of the molecule is CCN1CCN(CCc2ncc(C(=N)N)s2)CC1. The molecule has 2 heterocycles. The fraction of sp³-hybridized carbons (Fsp3) is 0.667. The third-order valence-corrected chi connectivity index (χ3v) is 4.46. The highest BCUT2D eigenvalue weighted by atomic mass is 32.1. The lowest BCUT2D eigenvalue weighted by molar-refractivity contribution is 0.138. The van der Waals surface area contributed by atoms with Gasteiger partial charge in [-0.25, -0.2) is 4.98 Å². The van der Waals surface area contributed by atoms with Gasteiger partial charge in [-0.3, -0.25) is 5.41 Å². The van der Waals surface area contributed by atoms with Gasteiger partial charge in [-0.15, -0.1) is 11.3 Å². The van der Waals surface area contributed by atoms with Crippen molar-refractivity contribution in [1.29, 1.82) is 5.41 Å². The Kier molecular flexibility index (Phi) is 4.68. The zero-order valence-corrected chi connectivity index (χ0v) is 11.7. The third kappa shape index (κ3) is 3.51. The zero-order valence-electron chi connectivity index (χ0n) is 10.9. The molecule has 18 heavy (non-hydrogen) atoms. The number of aromatic nitrogens is 1. The zero-order chi connectivity index (χ0) is 13.0. The molecule has 3 N–H and O–H groups in total. The number of likely N-dealkylation sites (N-methyl/N-ethyl adjacent to an activating group) is 1. The van der Waals surface area contributed by atoms with Crippen LogP contribution in [0.2, 0.25) is 0 Å². The van der Waals surface area contributed by atoms with Crippen molar-refractivity contribution in [2.45, 2.75) is 13.3 Å². The van der Waals surface area contributed by atoms with Crippen LogP contribution in [-0.2, 0) is 6.42 Å². The summed E-state index contributed by atoms with van der Waals surface area (Å²) in [5.74, 6) is 0.121. The molecule has 0 atom stereocenters. The molecule has 1 aromatic heterocycles. The molecule has 0 aliphatic carbocycles. The smallest absolute Gasteiger partial charge is 0.134 e. The van der Waals surface area contributed by atoms with Crippen LogP contribution in [0.3, 0.4) is 0 Å². The Morgan fingerprint density at radius 2 is 2.06 bits per heavy atom. The summed E-state index contributed by atoms with van der Waals surface area (Å²) in [5.41, 5.74) is 5.43. The molecule has 6 heteroatoms. The molecule has 0 unspecified atom stereocenters. The Morgan fingerprint density at radius 3 is 2.61 bits per heavy atom. The number of piperazine rings is 1. The second-order valence-electron chi connectivity index (χ2n) is 4.56. The second kappa shape index (κ2) is 6.26. The third-order valence-electron chi connectivity index (χ3n) is 3.37. The Hall–Kier alpha value is -0.980. The van der Waals surface area contributed by atoms with Crippen LogP contribution in [-0.4, -0.2) is 59.9 Å². The molecule has 2 rings (SSSR count). The Labute approximate surface area is 112 Å². The molecule has 1 saturated heterocycles. The summed E-state index contributed by atoms with van der Waals surface area (Å²) >= 11 is 1.54. The molecule has 1 fully saturated rings. The quantitative estimate of drug-likeness (QED) is 0.606. The molecular weight excluding hydrogens is 246 g/mol. The van der Waals surface area contributed by atoms with Crippen LogP contribution in [0.15, 0.2) is 6.20 Å². The molecule has 0 saturated carbocycles. The molecule has 0 amide bonds. The number of nitrogens with one attached hydrogen (secondary N) is 1. The van der Waals surface area contributed by atoms with E-state index in [0.717, 1.165) is 42.5 Å². The van der Waals surface area contributed by atoms with Crippen LogP contribution >= 0.6 is 11.3 Å². The van der Waals surface area contributed by atoms with E-state index < -0.39 is 0 Å². The highest BCUT2D eigenvalue weighted by molar-refractivity contribution is 7.13. The van der Waals surface area contributed by atoms with E-state index in [4.69, 9.17) is 11.1 Å². The van der Waals surface area contributed by atoms with Gasteiger partial charge in [0, 0.05) is 45.3 Å². The van der Waals surface area contributed by atoms with Crippen LogP contribution in [0, 0.1) is 5.41 Å². The first-order valence-corrected chi connectivity index (χ1v) is 7.24. The fourth-order valence-electron chi connectivity index (χ4n) is 2.13. The minimum Gasteiger partial charge on any atom is -0.383 e. The summed E-state index contributed by atoms with van der Waals surface area (Å²) in [5, 5.41) is 8.43. The number of rotatable bonds is 5. The van der Waals surface area contributed by atoms with Gasteiger partial charge in [-0.2, -0.15) is 0 Å². The first-order chi connectivity index (χ1) is 8.69. The number of hydrogen-bond donors (Lipinski definition) is 2. The van der Waals surface area contributed by atoms with Crippen molar-refractivity contribution in [2.75, 3.05) is 39.3 Å². The molecule has 0 aromatic carbocycles. The first-order valence-electron chi connectivity index (χ1n) is 6.43. The fourth-order valence-corrected chi connectivity index (χ4v) is 2.90. The van der Waals surface area contributed by atoms with E-state index in [1.165, 1.54) is 24.4 Å². The molecule has 0 spiro atoms. The van der Waals surface area contributed by atoms with E-state index in [1.54, 1.807) is 6.20 Å². The average molecular weight is 267 g/mol. The molecule has 100 valence electrons. The maximum atomic E-state index is 7.35. The first kappa shape index (κ1) is 13.5. The molecule has 1 aromatic rings. The predicted octanol–water partition coefficient (Wildman–Crippen LogP) is 0.607. The van der Waals surface area contributed by atoms with Crippen molar-refractivity contribution in [3.8, 4) is 0 Å². The maximum absolute atomic E-state index is 7.35. The summed E-state index contributed by atoms with van der Waals surface area (Å²) in [6, 6.07) is 0. The predicted molar refractivity (Wildman–Crippen MR) is 75.4 cm³/mol. The summed E-state index contributed by atoms with van der Waals surface area (Å²) in [7, 11) is 0. The number of thiazole rings is 1. The van der Waals surface area contributed by atoms with E-state index in [2.05, 4.69) is 21.7 Å². The van der Waals surface area contributed by atoms with E-state index in [-0.39, 0.29) is 5.84 Å². The van der Waals surface area contributed by atoms with Gasteiger partial charge in [0.05, 0.1) is 9.88 Å². The van der Waals surface area contributed by atoms with Gasteiger partial charge in [0.25, 0.3) is 0 Å². The van der Waals surface area contributed by atoms with Gasteiger partial charge in [0.1, 0.15) is 5.84 Å². The Bertz CT molecular complexity index is 395. The summed E-state index contributed by atoms with van der Waals surface area (Å²) < 4.78 is 0. The standard InChI is InChI=1S/C12H21N5S/c1-2-16-5-7-17(8-6-16)4-3-11-15-9-10(18-11)12(13)14/h9H,2-8H2,1H3,(H3,13,14). The van der Waals surface area contributed by atoms with E-state index in [1.807, 2.05) is 0 Å². The van der Waals surface area contributed by atoms with Crippen LogP contribution in [0.25, 0.3) is 0 Å². The lowest BCUT2D eigenvalue weighted by Crippen LogP contribution is -2.46. The lowest BCUT2D eigenvalue weighted by Gasteiger charge is -2.33. The normalized spacial score (nSPS) is 18.1. The number of nitrogens with two attached hydrogens (primary N) is 1. The van der Waals surface area contributed by atoms with E-state index in [0.29, 0.717) is 0 Å². The van der Waals surface area contributed by atoms with Crippen molar-refractivity contribution in [3.05, 3.63) is 16.1 Å². The largest absolute Gasteiger partial charge is 0.383 e. The summed E-state index contributed by atoms with van der Waals surface area (Å²) in [6.07, 6.45) is 2.67. The van der Waals surface area contributed by atoms with Crippen LogP contribution in [0.1, 0.15) is 16.8 Å². The summed E-state index contributed by atoms with van der Waals surface area (Å²) in [6.45, 7) is 9.08. The average Bonchev–Trinajstić information content (AvgIpc) is 2.86. The minimum atomic E-state index is 0.121. The van der Waals surface area contributed by atoms with Gasteiger partial charge in [0.15, 0.2) is 0 Å². The minimum absolute atomic E-state index is 0.121. The van der Waals surface area contributed by atoms with Crippen molar-refractivity contribution in [3.63, 3.8) is 0 Å². The number of amidine groups is 1. The molecule has 0 bridgehead atoms. The van der Waals surface area contributed by atoms with Crippen molar-refractivity contribution in [1.82, 2.24) is 14.8 Å². The molecule has 5 nitrogen and oxygen atoms in total. The van der Waals surface area contributed by atoms with Gasteiger partial charge < -0.3 is 15.5 Å². The van der Waals surface area contributed by atoms with E-state index in [9.17, 15) is 0 Å². The van der Waals surface area contributed by atoms with Crippen LogP contribution < -0.4 is 5.73 Å². The van der Waals surface area contributed by atoms with E-state index >= 15 is 0 Å². The molecule has 0 radical (unpaired) electrons. The Balaban J connectivity index is 1.76. The number of hydrogen-bond acceptors (Lipinski definition) is 5. The monoisotopic (exact) mass is 267 g/mol. The highest BCUT2D eigenvalue weighted by Crippen LogP contribution is 2.13. The molecule has 1 aliphatic rings. The van der Waals surface area contributed by atoms with Gasteiger partial charge >= 0.3 is 0 Å². The van der Waals surface area contributed by atoms with Crippen LogP contribution in [0.5, 0.6) is 0 Å². The Morgan fingerprint density at radius 1 is 1.39 bits per heavy atom. The molecule has 1 aliphatic heterocycles. The van der Waals surface area contributed by atoms with Gasteiger partial charge in [-0.05, 0) is 6.54 Å². The van der Waals surface area contributed by atoms with Gasteiger partial charge in [-0.1, -0.05) is 6.92 Å². The number of nitrogen functional groups attached to an aromatic ring is 1. The lowest BCUT2D eigenvalue weighted by atomic mass is 10.3. The van der Waals surface area contributed by atoms with Crippen molar-refractivity contribution >= 4 is 17.2 Å². The highest BCUT2D eigenvalue weighted by Gasteiger charge is 2.15.